The predicted octanol–water partition coefficient (Wildman–Crippen LogP) is 22.1. The molecular formula is C88H91BN4O. The lowest BCUT2D eigenvalue weighted by Gasteiger charge is -2.35. The maximum Gasteiger partial charge on any atom is 0.256 e. The van der Waals surface area contributed by atoms with E-state index < -0.39 is 0 Å². The molecule has 5 nitrogen and oxygen atoms in total. The number of hydrogen-bond acceptors (Lipinski definition) is 1. The van der Waals surface area contributed by atoms with Gasteiger partial charge in [-0.15, -0.1) is 0 Å². The molecule has 0 unspecified atom stereocenters. The van der Waals surface area contributed by atoms with Crippen molar-refractivity contribution in [2.45, 2.75) is 183 Å². The summed E-state index contributed by atoms with van der Waals surface area (Å²) in [5, 5.41) is 10.0. The van der Waals surface area contributed by atoms with E-state index in [1.54, 1.807) is 0 Å². The second-order valence-corrected chi connectivity index (χ2v) is 35.2. The summed E-state index contributed by atoms with van der Waals surface area (Å²) in [7, 11) is 0. The van der Waals surface area contributed by atoms with E-state index in [9.17, 15) is 0 Å². The van der Waals surface area contributed by atoms with Gasteiger partial charge in [-0.05, 0) is 184 Å². The summed E-state index contributed by atoms with van der Waals surface area (Å²) in [5.41, 5.74) is 26.5. The average molecular weight is 1230 g/mol. The second kappa shape index (κ2) is 19.5. The van der Waals surface area contributed by atoms with E-state index in [0.717, 1.165) is 45.3 Å². The third-order valence-electron chi connectivity index (χ3n) is 21.5. The van der Waals surface area contributed by atoms with Gasteiger partial charge >= 0.3 is 0 Å². The van der Waals surface area contributed by atoms with E-state index in [1.807, 2.05) is 0 Å². The van der Waals surface area contributed by atoms with Crippen molar-refractivity contribution >= 4 is 110 Å². The minimum atomic E-state index is -0.110. The first kappa shape index (κ1) is 60.2. The molecule has 0 fully saturated rings. The van der Waals surface area contributed by atoms with Crippen LogP contribution in [0.3, 0.4) is 0 Å². The summed E-state index contributed by atoms with van der Waals surface area (Å²) >= 11 is 0. The molecule has 16 rings (SSSR count). The molecule has 4 aromatic heterocycles. The number of ether oxygens (including phenoxy) is 1. The molecule has 6 heterocycles. The molecule has 0 N–H and O–H groups in total. The van der Waals surface area contributed by atoms with Gasteiger partial charge in [0, 0.05) is 60.4 Å². The van der Waals surface area contributed by atoms with Crippen LogP contribution in [-0.2, 0) is 37.9 Å². The molecule has 0 aliphatic carbocycles. The largest absolute Gasteiger partial charge is 0.458 e. The fourth-order valence-electron chi connectivity index (χ4n) is 15.9. The third kappa shape index (κ3) is 8.93. The maximum atomic E-state index is 7.67. The Bertz CT molecular complexity index is 5270. The highest BCUT2D eigenvalue weighted by Crippen LogP contribution is 2.49. The Morgan fingerprint density at radius 1 is 0.255 bits per heavy atom. The van der Waals surface area contributed by atoms with E-state index in [0.29, 0.717) is 0 Å². The first-order valence-electron chi connectivity index (χ1n) is 34.4. The van der Waals surface area contributed by atoms with Crippen LogP contribution in [0.25, 0.3) is 110 Å². The van der Waals surface area contributed by atoms with E-state index in [2.05, 4.69) is 334 Å². The van der Waals surface area contributed by atoms with Crippen molar-refractivity contribution in [3.8, 4) is 34.2 Å². The highest BCUT2D eigenvalue weighted by atomic mass is 16.5. The van der Waals surface area contributed by atoms with Gasteiger partial charge in [-0.1, -0.05) is 218 Å². The van der Waals surface area contributed by atoms with E-state index >= 15 is 0 Å². The molecule has 472 valence electrons. The van der Waals surface area contributed by atoms with Crippen molar-refractivity contribution < 1.29 is 4.74 Å². The van der Waals surface area contributed by atoms with Crippen LogP contribution in [0, 0.1) is 0 Å². The molecule has 0 saturated heterocycles. The summed E-state index contributed by atoms with van der Waals surface area (Å²) in [6, 6.07) is 67.5. The zero-order valence-corrected chi connectivity index (χ0v) is 59.4. The normalized spacial score (nSPS) is 14.1. The molecule has 0 bridgehead atoms. The molecule has 0 spiro atoms. The minimum Gasteiger partial charge on any atom is -0.458 e. The van der Waals surface area contributed by atoms with Gasteiger partial charge in [0.05, 0.1) is 55.7 Å². The average Bonchev–Trinajstić information content (AvgIpc) is 1.44. The fraction of sp³-hybridized carbons (Fsp3) is 0.318. The lowest BCUT2D eigenvalue weighted by Crippen LogP contribution is -2.58. The lowest BCUT2D eigenvalue weighted by molar-refractivity contribution is 0.486. The molecule has 6 heteroatoms. The van der Waals surface area contributed by atoms with Crippen LogP contribution < -0.4 is 21.1 Å². The Balaban J connectivity index is 1.10. The Kier molecular flexibility index (Phi) is 12.5. The fourth-order valence-corrected chi connectivity index (χ4v) is 15.9. The molecule has 0 atom stereocenters. The maximum absolute atomic E-state index is 7.67. The molecule has 0 amide bonds. The molecule has 0 saturated carbocycles. The Morgan fingerprint density at radius 2 is 0.596 bits per heavy atom. The number of para-hydroxylation sites is 2. The Hall–Kier alpha value is -8.74. The molecule has 10 aromatic carbocycles. The Morgan fingerprint density at radius 3 is 0.989 bits per heavy atom. The van der Waals surface area contributed by atoms with Gasteiger partial charge in [0.2, 0.25) is 0 Å². The van der Waals surface area contributed by atoms with Crippen LogP contribution in [-0.4, -0.2) is 25.0 Å². The predicted molar refractivity (Wildman–Crippen MR) is 406 cm³/mol. The number of rotatable bonds is 3. The summed E-state index contributed by atoms with van der Waals surface area (Å²) in [4.78, 5) is 0. The molecular weight excluding hydrogens is 1140 g/mol. The smallest absolute Gasteiger partial charge is 0.256 e. The number of fused-ring (bicyclic) bond motifs is 16. The van der Waals surface area contributed by atoms with Crippen LogP contribution in [0.15, 0.2) is 170 Å². The quantitative estimate of drug-likeness (QED) is 0.162. The van der Waals surface area contributed by atoms with E-state index in [1.165, 1.54) is 132 Å². The van der Waals surface area contributed by atoms with Crippen molar-refractivity contribution in [2.24, 2.45) is 0 Å². The van der Waals surface area contributed by atoms with Gasteiger partial charge in [0.1, 0.15) is 11.5 Å². The molecule has 94 heavy (non-hydrogen) atoms. The van der Waals surface area contributed by atoms with Gasteiger partial charge in [-0.25, -0.2) is 0 Å². The Labute approximate surface area is 556 Å². The highest BCUT2D eigenvalue weighted by Gasteiger charge is 2.43. The third-order valence-corrected chi connectivity index (χ3v) is 21.5. The van der Waals surface area contributed by atoms with E-state index in [-0.39, 0.29) is 44.6 Å². The molecule has 0 radical (unpaired) electrons. The van der Waals surface area contributed by atoms with Crippen molar-refractivity contribution in [1.29, 1.82) is 0 Å². The monoisotopic (exact) mass is 1230 g/mol. The zero-order chi connectivity index (χ0) is 66.4. The van der Waals surface area contributed by atoms with Crippen LogP contribution in [0.1, 0.15) is 184 Å². The van der Waals surface area contributed by atoms with Crippen molar-refractivity contribution in [3.63, 3.8) is 0 Å². The van der Waals surface area contributed by atoms with Gasteiger partial charge < -0.3 is 23.0 Å². The van der Waals surface area contributed by atoms with Crippen LogP contribution >= 0.6 is 0 Å². The minimum absolute atomic E-state index is 0.0490. The molecule has 2 aliphatic rings. The lowest BCUT2D eigenvalue weighted by atomic mass is 9.34. The number of benzene rings is 10. The van der Waals surface area contributed by atoms with E-state index in [4.69, 9.17) is 4.74 Å². The van der Waals surface area contributed by atoms with Crippen LogP contribution in [0.5, 0.6) is 11.5 Å². The summed E-state index contributed by atoms with van der Waals surface area (Å²) in [6.07, 6.45) is 0. The number of hydrogen-bond donors (Lipinski definition) is 0. The number of nitrogens with zero attached hydrogens (tertiary/aromatic N) is 4. The number of aromatic nitrogens is 4. The summed E-state index contributed by atoms with van der Waals surface area (Å²) in [5.74, 6) is 1.80. The van der Waals surface area contributed by atoms with Crippen molar-refractivity contribution in [1.82, 2.24) is 18.3 Å². The van der Waals surface area contributed by atoms with Gasteiger partial charge in [0.25, 0.3) is 6.71 Å². The van der Waals surface area contributed by atoms with Gasteiger partial charge in [0.15, 0.2) is 0 Å². The van der Waals surface area contributed by atoms with Gasteiger partial charge in [-0.2, -0.15) is 0 Å². The van der Waals surface area contributed by atoms with Crippen LogP contribution in [0.4, 0.5) is 0 Å². The summed E-state index contributed by atoms with van der Waals surface area (Å²) < 4.78 is 18.1. The van der Waals surface area contributed by atoms with Crippen molar-refractivity contribution in [3.05, 3.63) is 209 Å². The van der Waals surface area contributed by atoms with Crippen LogP contribution in [0.2, 0.25) is 0 Å². The second-order valence-electron chi connectivity index (χ2n) is 35.2. The zero-order valence-electron chi connectivity index (χ0n) is 59.4. The standard InChI is InChI=1S/C88H91BN4O/c1-82(2,3)50-28-34-68-60(40-50)61-41-51(83(4,5)6)29-35-69(61)91(68)73-26-22-24-58-59-25-23-27-74(92-70-36-30-52(84(7,8)9)42-62(70)63-43-53(85(10,11)12)31-37-71(63)92)81(59)90(80(58)73)57-48-75-78-77(49-57)94-76-39-33-55(87(16,17)18)46-66(76)89(78)67-47-56(88(19,20)21)45-65-64-44-54(86(13,14)15)32-38-72(64)93(75)79(65)67/h22-49H,1-21H3. The van der Waals surface area contributed by atoms with Crippen molar-refractivity contribution in [2.75, 3.05) is 0 Å². The highest BCUT2D eigenvalue weighted by molar-refractivity contribution is 6.99. The SMILES string of the molecule is CC(C)(C)c1ccc2c(c1)B1c3c(cc(-n4c5c(-n6c7ccc(C(C)(C)C)cc7c7cc(C(C)(C)C)ccc76)cccc5c5cccc(-n6c7ccc(C(C)(C)C)cc7c7cc(C(C)(C)C)ccc76)c54)cc3-n3c4ccc(C(C)(C)C)cc4c4cc(C(C)(C)C)cc1c43)O2. The molecule has 14 aromatic rings. The first-order valence-corrected chi connectivity index (χ1v) is 34.4. The van der Waals surface area contributed by atoms with Gasteiger partial charge in [-0.3, -0.25) is 0 Å². The first-order chi connectivity index (χ1) is 44.0. The summed E-state index contributed by atoms with van der Waals surface area (Å²) in [6.45, 7) is 49.1. The molecule has 2 aliphatic heterocycles. The topological polar surface area (TPSA) is 28.9 Å².